The molecular weight excluding hydrogens is 324 g/mol. The van der Waals surface area contributed by atoms with Gasteiger partial charge in [-0.05, 0) is 35.2 Å². The Bertz CT molecular complexity index is 730. The summed E-state index contributed by atoms with van der Waals surface area (Å²) in [6.45, 7) is 0.774. The van der Waals surface area contributed by atoms with Gasteiger partial charge in [0.25, 0.3) is 0 Å². The van der Waals surface area contributed by atoms with Crippen molar-refractivity contribution >= 4 is 23.8 Å². The van der Waals surface area contributed by atoms with E-state index < -0.39 is 6.04 Å². The van der Waals surface area contributed by atoms with E-state index in [2.05, 4.69) is 16.7 Å². The average molecular weight is 343 g/mol. The van der Waals surface area contributed by atoms with Gasteiger partial charge in [0, 0.05) is 24.0 Å². The Balaban J connectivity index is 1.57. The summed E-state index contributed by atoms with van der Waals surface area (Å²) in [5.74, 6) is -0.129. The van der Waals surface area contributed by atoms with Crippen molar-refractivity contribution in [3.05, 3.63) is 70.2 Å². The highest BCUT2D eigenvalue weighted by atomic mass is 35.5. The number of hydrogen-bond acceptors (Lipinski definition) is 3. The quantitative estimate of drug-likeness (QED) is 0.794. The molecule has 1 amide bonds. The third-order valence-corrected chi connectivity index (χ3v) is 4.49. The first-order valence-corrected chi connectivity index (χ1v) is 8.34. The molecule has 5 heteroatoms. The zero-order chi connectivity index (χ0) is 16.9. The second-order valence-corrected chi connectivity index (χ2v) is 6.41. The first kappa shape index (κ1) is 16.7. The van der Waals surface area contributed by atoms with E-state index in [1.807, 2.05) is 30.3 Å². The molecule has 0 aliphatic carbocycles. The molecule has 1 aliphatic heterocycles. The van der Waals surface area contributed by atoms with Gasteiger partial charge in [0.2, 0.25) is 5.91 Å². The number of benzene rings is 2. The maximum absolute atomic E-state index is 12.3. The van der Waals surface area contributed by atoms with Crippen LogP contribution in [-0.2, 0) is 22.6 Å². The van der Waals surface area contributed by atoms with Crippen LogP contribution in [0.5, 0.6) is 0 Å². The predicted octanol–water partition coefficient (Wildman–Crippen LogP) is 2.80. The van der Waals surface area contributed by atoms with Crippen molar-refractivity contribution in [3.8, 4) is 0 Å². The summed E-state index contributed by atoms with van der Waals surface area (Å²) in [4.78, 5) is 23.6. The van der Waals surface area contributed by atoms with E-state index in [-0.39, 0.29) is 11.9 Å². The summed E-state index contributed by atoms with van der Waals surface area (Å²) in [7, 11) is 0. The molecule has 0 radical (unpaired) electrons. The van der Waals surface area contributed by atoms with Crippen LogP contribution in [0.1, 0.15) is 29.2 Å². The van der Waals surface area contributed by atoms with Crippen LogP contribution in [0.2, 0.25) is 5.02 Å². The number of rotatable bonds is 6. The summed E-state index contributed by atoms with van der Waals surface area (Å²) in [6, 6.07) is 14.8. The summed E-state index contributed by atoms with van der Waals surface area (Å²) in [5.41, 5.74) is 3.34. The minimum Gasteiger partial charge on any atom is -0.346 e. The molecule has 0 saturated carbocycles. The molecule has 0 saturated heterocycles. The monoisotopic (exact) mass is 342 g/mol. The Kier molecular flexibility index (Phi) is 5.28. The number of amides is 1. The van der Waals surface area contributed by atoms with E-state index in [9.17, 15) is 9.59 Å². The Morgan fingerprint density at radius 1 is 1.25 bits per heavy atom. The molecule has 0 spiro atoms. The van der Waals surface area contributed by atoms with E-state index >= 15 is 0 Å². The van der Waals surface area contributed by atoms with Crippen LogP contribution < -0.4 is 10.6 Å². The van der Waals surface area contributed by atoms with Gasteiger partial charge in [-0.1, -0.05) is 48.0 Å². The molecular formula is C19H19ClN2O2. The van der Waals surface area contributed by atoms with Gasteiger partial charge < -0.3 is 15.4 Å². The number of fused-ring (bicyclic) bond motifs is 1. The summed E-state index contributed by atoms with van der Waals surface area (Å²) in [6.07, 6.45) is 1.56. The molecule has 2 N–H and O–H groups in total. The molecule has 2 atom stereocenters. The average Bonchev–Trinajstić information content (AvgIpc) is 2.99. The largest absolute Gasteiger partial charge is 0.346 e. The summed E-state index contributed by atoms with van der Waals surface area (Å²) in [5, 5.41) is 6.79. The van der Waals surface area contributed by atoms with Crippen LogP contribution in [0.25, 0.3) is 0 Å². The lowest BCUT2D eigenvalue weighted by Crippen LogP contribution is -2.38. The molecule has 1 unspecified atom stereocenters. The first-order valence-electron chi connectivity index (χ1n) is 7.96. The number of hydrogen-bond donors (Lipinski definition) is 2. The van der Waals surface area contributed by atoms with Gasteiger partial charge in [-0.2, -0.15) is 0 Å². The fraction of sp³-hybridized carbons (Fsp3) is 0.263. The Hall–Kier alpha value is -2.17. The van der Waals surface area contributed by atoms with Crippen molar-refractivity contribution in [3.63, 3.8) is 0 Å². The predicted molar refractivity (Wildman–Crippen MR) is 93.8 cm³/mol. The van der Waals surface area contributed by atoms with E-state index in [1.54, 1.807) is 12.1 Å². The molecule has 2 aromatic carbocycles. The maximum Gasteiger partial charge on any atom is 0.222 e. The van der Waals surface area contributed by atoms with E-state index in [0.717, 1.165) is 24.0 Å². The SMILES string of the molecule is O=C[C@@H](Cc1ccc(Cl)cc1)NC(=O)CC1NCc2ccccc21. The summed E-state index contributed by atoms with van der Waals surface area (Å²) < 4.78 is 0. The van der Waals surface area contributed by atoms with E-state index in [1.165, 1.54) is 5.56 Å². The number of aldehydes is 1. The number of halogens is 1. The van der Waals surface area contributed by atoms with Crippen LogP contribution in [0.4, 0.5) is 0 Å². The Labute approximate surface area is 146 Å². The maximum atomic E-state index is 12.3. The van der Waals surface area contributed by atoms with Crippen LogP contribution in [0.15, 0.2) is 48.5 Å². The topological polar surface area (TPSA) is 58.2 Å². The zero-order valence-corrected chi connectivity index (χ0v) is 13.9. The molecule has 2 aromatic rings. The lowest BCUT2D eigenvalue weighted by molar-refractivity contribution is -0.124. The molecule has 0 bridgehead atoms. The fourth-order valence-electron chi connectivity index (χ4n) is 3.02. The fourth-order valence-corrected chi connectivity index (χ4v) is 3.15. The van der Waals surface area contributed by atoms with Gasteiger partial charge in [0.05, 0.1) is 6.04 Å². The molecule has 1 aliphatic rings. The van der Waals surface area contributed by atoms with Gasteiger partial charge in [-0.15, -0.1) is 0 Å². The van der Waals surface area contributed by atoms with Crippen molar-refractivity contribution in [1.29, 1.82) is 0 Å². The van der Waals surface area contributed by atoms with Crippen molar-refractivity contribution in [2.75, 3.05) is 0 Å². The van der Waals surface area contributed by atoms with Gasteiger partial charge >= 0.3 is 0 Å². The molecule has 1 heterocycles. The van der Waals surface area contributed by atoms with Gasteiger partial charge in [0.15, 0.2) is 0 Å². The van der Waals surface area contributed by atoms with Gasteiger partial charge in [-0.3, -0.25) is 4.79 Å². The van der Waals surface area contributed by atoms with Gasteiger partial charge in [-0.25, -0.2) is 0 Å². The van der Waals surface area contributed by atoms with Crippen LogP contribution in [0, 0.1) is 0 Å². The second kappa shape index (κ2) is 7.60. The smallest absolute Gasteiger partial charge is 0.222 e. The minimum absolute atomic E-state index is 0.00374. The number of nitrogens with one attached hydrogen (secondary N) is 2. The standard InChI is InChI=1S/C19H19ClN2O2/c20-15-7-5-13(6-8-15)9-16(12-23)22-19(24)10-18-17-4-2-1-3-14(17)11-21-18/h1-8,12,16,18,21H,9-11H2,(H,22,24)/t16-,18?/m1/s1. The lowest BCUT2D eigenvalue weighted by atomic mass is 10.0. The van der Waals surface area contributed by atoms with Crippen molar-refractivity contribution < 1.29 is 9.59 Å². The van der Waals surface area contributed by atoms with Crippen LogP contribution in [0.3, 0.4) is 0 Å². The molecule has 124 valence electrons. The molecule has 3 rings (SSSR count). The molecule has 4 nitrogen and oxygen atoms in total. The minimum atomic E-state index is -0.532. The van der Waals surface area contributed by atoms with E-state index in [4.69, 9.17) is 11.6 Å². The summed E-state index contributed by atoms with van der Waals surface area (Å²) >= 11 is 5.86. The van der Waals surface area contributed by atoms with Crippen LogP contribution >= 0.6 is 11.6 Å². The van der Waals surface area contributed by atoms with E-state index in [0.29, 0.717) is 17.9 Å². The zero-order valence-electron chi connectivity index (χ0n) is 13.2. The highest BCUT2D eigenvalue weighted by Crippen LogP contribution is 2.27. The van der Waals surface area contributed by atoms with Crippen LogP contribution in [-0.4, -0.2) is 18.2 Å². The Morgan fingerprint density at radius 2 is 2.00 bits per heavy atom. The molecule has 24 heavy (non-hydrogen) atoms. The lowest BCUT2D eigenvalue weighted by Gasteiger charge is -2.16. The highest BCUT2D eigenvalue weighted by molar-refractivity contribution is 6.30. The first-order chi connectivity index (χ1) is 11.7. The second-order valence-electron chi connectivity index (χ2n) is 5.98. The Morgan fingerprint density at radius 3 is 2.75 bits per heavy atom. The molecule has 0 fully saturated rings. The third kappa shape index (κ3) is 4.02. The van der Waals surface area contributed by atoms with Crippen molar-refractivity contribution in [1.82, 2.24) is 10.6 Å². The normalized spacial score (nSPS) is 17.1. The number of carbonyl (C=O) groups is 2. The van der Waals surface area contributed by atoms with Crippen molar-refractivity contribution in [2.45, 2.75) is 31.5 Å². The third-order valence-electron chi connectivity index (χ3n) is 4.24. The molecule has 0 aromatic heterocycles. The number of carbonyl (C=O) groups excluding carboxylic acids is 2. The van der Waals surface area contributed by atoms with Gasteiger partial charge in [0.1, 0.15) is 6.29 Å². The highest BCUT2D eigenvalue weighted by Gasteiger charge is 2.24. The van der Waals surface area contributed by atoms with Crippen molar-refractivity contribution in [2.24, 2.45) is 0 Å².